The fourth-order valence-corrected chi connectivity index (χ4v) is 4.23. The van der Waals surface area contributed by atoms with Gasteiger partial charge in [-0.2, -0.15) is 13.2 Å². The standard InChI is InChI=1S/C26H22ClF3N2O.ClH/c1-16-23(25(33)24(27)17(2)31-16)19-7-5-18(6-8-19)4-3-12-32-13-11-20-14-22(26(28,29)30)10-9-21(20)15-32;/h5-10,14H,11-13,15H2,1-2H3,(H,31,33);1H. The Balaban J connectivity index is 0.00000324. The fraction of sp³-hybridized carbons (Fsp3) is 0.269. The smallest absolute Gasteiger partial charge is 0.361 e. The molecule has 3 aromatic rings. The molecule has 0 bridgehead atoms. The van der Waals surface area contributed by atoms with E-state index in [1.54, 1.807) is 13.0 Å². The SMILES string of the molecule is Cc1[nH]c(C)c(-c2ccc(C#CCN3CCc4cc(C(F)(F)F)ccc4C3)cc2)c(=O)c1Cl.Cl. The second-order valence-electron chi connectivity index (χ2n) is 8.21. The van der Waals surface area contributed by atoms with Gasteiger partial charge in [-0.3, -0.25) is 9.69 Å². The molecule has 0 aliphatic carbocycles. The van der Waals surface area contributed by atoms with Gasteiger partial charge >= 0.3 is 6.18 Å². The molecule has 0 amide bonds. The van der Waals surface area contributed by atoms with Crippen molar-refractivity contribution in [3.8, 4) is 23.0 Å². The first-order valence-corrected chi connectivity index (χ1v) is 10.9. The number of hydrogen-bond acceptors (Lipinski definition) is 2. The second-order valence-corrected chi connectivity index (χ2v) is 8.59. The van der Waals surface area contributed by atoms with Crippen LogP contribution in [-0.2, 0) is 19.1 Å². The van der Waals surface area contributed by atoms with Gasteiger partial charge in [0.15, 0.2) is 0 Å². The molecule has 8 heteroatoms. The van der Waals surface area contributed by atoms with E-state index in [-0.39, 0.29) is 22.9 Å². The number of hydrogen-bond donors (Lipinski definition) is 1. The van der Waals surface area contributed by atoms with Gasteiger partial charge in [0.1, 0.15) is 5.02 Å². The molecular weight excluding hydrogens is 484 g/mol. The minimum absolute atomic E-state index is 0. The molecule has 1 aliphatic heterocycles. The van der Waals surface area contributed by atoms with E-state index in [9.17, 15) is 18.0 Å². The predicted octanol–water partition coefficient (Wildman–Crippen LogP) is 6.16. The third-order valence-corrected chi connectivity index (χ3v) is 6.29. The molecule has 0 saturated carbocycles. The van der Waals surface area contributed by atoms with Crippen molar-refractivity contribution in [1.29, 1.82) is 0 Å². The number of nitrogens with zero attached hydrogens (tertiary/aromatic N) is 1. The Morgan fingerprint density at radius 2 is 1.76 bits per heavy atom. The van der Waals surface area contributed by atoms with Crippen molar-refractivity contribution in [3.05, 3.63) is 91.4 Å². The van der Waals surface area contributed by atoms with E-state index in [1.165, 1.54) is 6.07 Å². The van der Waals surface area contributed by atoms with Crippen LogP contribution in [0.15, 0.2) is 47.3 Å². The van der Waals surface area contributed by atoms with Gasteiger partial charge in [-0.05, 0) is 61.2 Å². The maximum atomic E-state index is 12.9. The number of rotatable bonds is 2. The van der Waals surface area contributed by atoms with Crippen molar-refractivity contribution in [3.63, 3.8) is 0 Å². The summed E-state index contributed by atoms with van der Waals surface area (Å²) in [6.45, 7) is 5.37. The van der Waals surface area contributed by atoms with E-state index in [4.69, 9.17) is 11.6 Å². The largest absolute Gasteiger partial charge is 0.416 e. The van der Waals surface area contributed by atoms with Gasteiger partial charge in [-0.25, -0.2) is 0 Å². The van der Waals surface area contributed by atoms with E-state index in [0.29, 0.717) is 37.3 Å². The number of pyridine rings is 1. The zero-order valence-corrected chi connectivity index (χ0v) is 20.2. The average Bonchev–Trinajstić information content (AvgIpc) is 2.77. The molecule has 0 fully saturated rings. The van der Waals surface area contributed by atoms with Crippen LogP contribution in [0.5, 0.6) is 0 Å². The minimum Gasteiger partial charge on any atom is -0.361 e. The summed E-state index contributed by atoms with van der Waals surface area (Å²) in [6, 6.07) is 11.4. The summed E-state index contributed by atoms with van der Waals surface area (Å²) in [7, 11) is 0. The Bertz CT molecular complexity index is 1320. The molecule has 3 nitrogen and oxygen atoms in total. The van der Waals surface area contributed by atoms with Crippen LogP contribution in [-0.4, -0.2) is 23.0 Å². The summed E-state index contributed by atoms with van der Waals surface area (Å²) in [5.74, 6) is 6.26. The molecule has 0 radical (unpaired) electrons. The summed E-state index contributed by atoms with van der Waals surface area (Å²) in [5.41, 5.74) is 4.42. The van der Waals surface area contributed by atoms with Crippen molar-refractivity contribution in [2.75, 3.05) is 13.1 Å². The van der Waals surface area contributed by atoms with Gasteiger partial charge in [0.25, 0.3) is 0 Å². The molecule has 4 rings (SSSR count). The Labute approximate surface area is 207 Å². The number of halogens is 5. The zero-order valence-electron chi connectivity index (χ0n) is 18.6. The molecule has 1 aliphatic rings. The van der Waals surface area contributed by atoms with Crippen LogP contribution in [0.3, 0.4) is 0 Å². The molecule has 34 heavy (non-hydrogen) atoms. The van der Waals surface area contributed by atoms with E-state index >= 15 is 0 Å². The Morgan fingerprint density at radius 1 is 1.06 bits per heavy atom. The fourth-order valence-electron chi connectivity index (χ4n) is 4.09. The first-order valence-electron chi connectivity index (χ1n) is 10.5. The van der Waals surface area contributed by atoms with E-state index in [1.807, 2.05) is 31.2 Å². The Kier molecular flexibility index (Phi) is 7.82. The summed E-state index contributed by atoms with van der Waals surface area (Å²) < 4.78 is 38.7. The summed E-state index contributed by atoms with van der Waals surface area (Å²) in [6.07, 6.45) is -3.74. The van der Waals surface area contributed by atoms with E-state index in [0.717, 1.165) is 34.0 Å². The number of aromatic amines is 1. The predicted molar refractivity (Wildman–Crippen MR) is 132 cm³/mol. The van der Waals surface area contributed by atoms with Crippen molar-refractivity contribution < 1.29 is 13.2 Å². The van der Waals surface area contributed by atoms with Gasteiger partial charge in [0, 0.05) is 35.6 Å². The third kappa shape index (κ3) is 5.50. The lowest BCUT2D eigenvalue weighted by Gasteiger charge is -2.27. The zero-order chi connectivity index (χ0) is 23.8. The van der Waals surface area contributed by atoms with Crippen molar-refractivity contribution in [2.45, 2.75) is 33.0 Å². The van der Waals surface area contributed by atoms with E-state index in [2.05, 4.69) is 21.7 Å². The molecule has 2 heterocycles. The van der Waals surface area contributed by atoms with Crippen molar-refractivity contribution >= 4 is 24.0 Å². The number of fused-ring (bicyclic) bond motifs is 1. The summed E-state index contributed by atoms with van der Waals surface area (Å²) in [5, 5.41) is 0.192. The quantitative estimate of drug-likeness (QED) is 0.422. The first kappa shape index (κ1) is 25.9. The Hall–Kier alpha value is -2.72. The highest BCUT2D eigenvalue weighted by molar-refractivity contribution is 6.31. The summed E-state index contributed by atoms with van der Waals surface area (Å²) >= 11 is 6.12. The van der Waals surface area contributed by atoms with Crippen molar-refractivity contribution in [2.24, 2.45) is 0 Å². The number of nitrogens with one attached hydrogen (secondary N) is 1. The molecule has 2 aromatic carbocycles. The number of aromatic nitrogens is 1. The van der Waals surface area contributed by atoms with E-state index < -0.39 is 11.7 Å². The Morgan fingerprint density at radius 3 is 2.44 bits per heavy atom. The van der Waals surface area contributed by atoms with Crippen LogP contribution in [0.1, 0.15) is 33.6 Å². The maximum absolute atomic E-state index is 12.9. The topological polar surface area (TPSA) is 36.1 Å². The molecule has 0 saturated heterocycles. The highest BCUT2D eigenvalue weighted by Crippen LogP contribution is 2.32. The van der Waals surface area contributed by atoms with Gasteiger partial charge in [-0.1, -0.05) is 41.6 Å². The minimum atomic E-state index is -4.31. The molecule has 1 aromatic heterocycles. The number of benzene rings is 2. The van der Waals surface area contributed by atoms with Crippen LogP contribution in [0.2, 0.25) is 5.02 Å². The van der Waals surface area contributed by atoms with Gasteiger partial charge in [-0.15, -0.1) is 12.4 Å². The lowest BCUT2D eigenvalue weighted by atomic mass is 9.97. The second kappa shape index (κ2) is 10.3. The van der Waals surface area contributed by atoms with Crippen molar-refractivity contribution in [1.82, 2.24) is 9.88 Å². The lowest BCUT2D eigenvalue weighted by Crippen LogP contribution is -2.31. The molecule has 1 N–H and O–H groups in total. The number of aryl methyl sites for hydroxylation is 2. The number of H-pyrrole nitrogens is 1. The number of alkyl halides is 3. The van der Waals surface area contributed by atoms with Gasteiger partial charge in [0.05, 0.1) is 12.1 Å². The molecule has 178 valence electrons. The van der Waals surface area contributed by atoms with Crippen LogP contribution < -0.4 is 5.43 Å². The average molecular weight is 507 g/mol. The van der Waals surface area contributed by atoms with Crippen LogP contribution >= 0.6 is 24.0 Å². The van der Waals surface area contributed by atoms with Crippen LogP contribution in [0.25, 0.3) is 11.1 Å². The van der Waals surface area contributed by atoms with Crippen LogP contribution in [0, 0.1) is 25.7 Å². The molecule has 0 atom stereocenters. The monoisotopic (exact) mass is 506 g/mol. The highest BCUT2D eigenvalue weighted by atomic mass is 35.5. The maximum Gasteiger partial charge on any atom is 0.416 e. The van der Waals surface area contributed by atoms with Crippen LogP contribution in [0.4, 0.5) is 13.2 Å². The summed E-state index contributed by atoms with van der Waals surface area (Å²) in [4.78, 5) is 17.8. The lowest BCUT2D eigenvalue weighted by molar-refractivity contribution is -0.137. The third-order valence-electron chi connectivity index (χ3n) is 5.84. The van der Waals surface area contributed by atoms with Gasteiger partial charge in [0.2, 0.25) is 5.43 Å². The molecule has 0 spiro atoms. The molecule has 0 unspecified atom stereocenters. The first-order chi connectivity index (χ1) is 15.6. The van der Waals surface area contributed by atoms with Gasteiger partial charge < -0.3 is 4.98 Å². The highest BCUT2D eigenvalue weighted by Gasteiger charge is 2.31. The normalized spacial score (nSPS) is 13.5. The molecular formula is C26H23Cl2F3N2O.